The number of nitrogens with zero attached hydrogens (tertiary/aromatic N) is 2. The fourth-order valence-corrected chi connectivity index (χ4v) is 7.05. The van der Waals surface area contributed by atoms with Gasteiger partial charge in [-0.1, -0.05) is 36.4 Å². The van der Waals surface area contributed by atoms with Gasteiger partial charge in [0.1, 0.15) is 0 Å². The number of ether oxygens (including phenoxy) is 1. The number of sulfonamides is 1. The molecule has 1 saturated carbocycles. The van der Waals surface area contributed by atoms with Crippen molar-refractivity contribution in [1.29, 1.82) is 0 Å². The molecule has 0 bridgehead atoms. The smallest absolute Gasteiger partial charge is 0.240 e. The molecule has 7 nitrogen and oxygen atoms in total. The maximum Gasteiger partial charge on any atom is 0.240 e. The molecule has 2 aliphatic rings. The van der Waals surface area contributed by atoms with Crippen LogP contribution in [0.15, 0.2) is 59.5 Å². The number of rotatable bonds is 5. The molecule has 1 saturated heterocycles. The van der Waals surface area contributed by atoms with Gasteiger partial charge < -0.3 is 14.2 Å². The summed E-state index contributed by atoms with van der Waals surface area (Å²) in [6, 6.07) is 17.3. The van der Waals surface area contributed by atoms with Crippen molar-refractivity contribution in [3.05, 3.63) is 54.6 Å². The Bertz CT molecular complexity index is 1330. The number of morpholine rings is 1. The second-order valence-electron chi connectivity index (χ2n) is 10.3. The fraction of sp³-hybridized carbons (Fsp3) is 0.464. The first-order valence-electron chi connectivity index (χ1n) is 12.8. The van der Waals surface area contributed by atoms with Crippen LogP contribution in [-0.4, -0.2) is 55.1 Å². The van der Waals surface area contributed by atoms with Gasteiger partial charge in [0, 0.05) is 48.7 Å². The molecule has 8 heteroatoms. The zero-order valence-corrected chi connectivity index (χ0v) is 22.0. The molecule has 2 aromatic carbocycles. The van der Waals surface area contributed by atoms with Crippen molar-refractivity contribution in [2.45, 2.75) is 62.7 Å². The van der Waals surface area contributed by atoms with Crippen LogP contribution in [0, 0.1) is 5.92 Å². The highest BCUT2D eigenvalue weighted by Crippen LogP contribution is 2.31. The number of amides is 1. The van der Waals surface area contributed by atoms with Crippen LogP contribution in [0.5, 0.6) is 0 Å². The molecule has 1 aromatic heterocycles. The van der Waals surface area contributed by atoms with E-state index in [2.05, 4.69) is 22.9 Å². The minimum Gasteiger partial charge on any atom is -0.372 e. The Hall–Kier alpha value is -2.68. The molecule has 1 aliphatic carbocycles. The van der Waals surface area contributed by atoms with E-state index < -0.39 is 10.0 Å². The molecule has 2 fully saturated rings. The van der Waals surface area contributed by atoms with E-state index in [1.54, 1.807) is 12.1 Å². The van der Waals surface area contributed by atoms with Gasteiger partial charge in [0.05, 0.1) is 17.1 Å². The van der Waals surface area contributed by atoms with Crippen molar-refractivity contribution in [3.63, 3.8) is 0 Å². The second-order valence-corrected chi connectivity index (χ2v) is 12.1. The Kier molecular flexibility index (Phi) is 6.94. The van der Waals surface area contributed by atoms with E-state index in [-0.39, 0.29) is 35.0 Å². The molecule has 2 atom stereocenters. The average molecular weight is 510 g/mol. The summed E-state index contributed by atoms with van der Waals surface area (Å²) in [4.78, 5) is 15.2. The molecule has 192 valence electrons. The summed E-state index contributed by atoms with van der Waals surface area (Å²) in [5.74, 6) is 0.140. The van der Waals surface area contributed by atoms with Gasteiger partial charge >= 0.3 is 0 Å². The van der Waals surface area contributed by atoms with Gasteiger partial charge in [-0.05, 0) is 63.3 Å². The summed E-state index contributed by atoms with van der Waals surface area (Å²) >= 11 is 0. The van der Waals surface area contributed by atoms with Crippen LogP contribution in [0.3, 0.4) is 0 Å². The lowest BCUT2D eigenvalue weighted by Gasteiger charge is -2.38. The maximum atomic E-state index is 13.3. The Morgan fingerprint density at radius 2 is 1.61 bits per heavy atom. The third-order valence-corrected chi connectivity index (χ3v) is 9.04. The van der Waals surface area contributed by atoms with Crippen molar-refractivity contribution < 1.29 is 17.9 Å². The largest absolute Gasteiger partial charge is 0.372 e. The minimum absolute atomic E-state index is 0.0422. The summed E-state index contributed by atoms with van der Waals surface area (Å²) in [5, 5.41) is 1.00. The van der Waals surface area contributed by atoms with Crippen LogP contribution in [0.25, 0.3) is 22.2 Å². The molecule has 0 unspecified atom stereocenters. The maximum absolute atomic E-state index is 13.3. The molecule has 0 radical (unpaired) electrons. The highest BCUT2D eigenvalue weighted by Gasteiger charge is 2.34. The Labute approximate surface area is 213 Å². The number of hydrogen-bond acceptors (Lipinski definition) is 4. The van der Waals surface area contributed by atoms with Crippen LogP contribution in [0.4, 0.5) is 0 Å². The highest BCUT2D eigenvalue weighted by molar-refractivity contribution is 7.89. The molecule has 2 heterocycles. The van der Waals surface area contributed by atoms with E-state index in [1.165, 1.54) is 0 Å². The SMILES string of the molecule is C[C@@H]1CN(C(=O)C2CCC(NS(=O)(=O)c3ccc4cc(-c5ccccc5)n(C)c4c3)CC2)C[C@H](C)O1. The summed E-state index contributed by atoms with van der Waals surface area (Å²) in [7, 11) is -1.71. The van der Waals surface area contributed by atoms with Crippen molar-refractivity contribution in [3.8, 4) is 11.3 Å². The van der Waals surface area contributed by atoms with Gasteiger partial charge in [-0.25, -0.2) is 13.1 Å². The summed E-state index contributed by atoms with van der Waals surface area (Å²) in [6.07, 6.45) is 2.82. The van der Waals surface area contributed by atoms with Gasteiger partial charge in [0.25, 0.3) is 0 Å². The summed E-state index contributed by atoms with van der Waals surface area (Å²) in [6.45, 7) is 5.25. The first-order valence-corrected chi connectivity index (χ1v) is 14.3. The first-order chi connectivity index (χ1) is 17.2. The molecular weight excluding hydrogens is 474 g/mol. The van der Waals surface area contributed by atoms with Crippen LogP contribution in [-0.2, 0) is 26.6 Å². The minimum atomic E-state index is -3.67. The van der Waals surface area contributed by atoms with E-state index in [9.17, 15) is 13.2 Å². The zero-order chi connectivity index (χ0) is 25.4. The Morgan fingerprint density at radius 3 is 2.28 bits per heavy atom. The first kappa shape index (κ1) is 25.0. The van der Waals surface area contributed by atoms with E-state index >= 15 is 0 Å². The molecule has 3 aromatic rings. The highest BCUT2D eigenvalue weighted by atomic mass is 32.2. The Balaban J connectivity index is 1.25. The molecule has 1 aliphatic heterocycles. The van der Waals surface area contributed by atoms with Crippen molar-refractivity contribution in [2.75, 3.05) is 13.1 Å². The quantitative estimate of drug-likeness (QED) is 0.556. The third kappa shape index (κ3) is 5.08. The standard InChI is InChI=1S/C28H35N3O4S/c1-19-17-31(18-20(2)35-19)28(32)22-9-12-24(13-10-22)29-36(33,34)25-14-11-23-15-26(30(3)27(23)16-25)21-7-5-4-6-8-21/h4-8,11,14-16,19-20,22,24,29H,9-10,12-13,17-18H2,1-3H3/t19-,20+,22?,24?. The summed E-state index contributed by atoms with van der Waals surface area (Å²) < 4.78 is 37.2. The summed E-state index contributed by atoms with van der Waals surface area (Å²) in [5.41, 5.74) is 3.01. The Morgan fingerprint density at radius 1 is 0.944 bits per heavy atom. The number of benzene rings is 2. The predicted octanol–water partition coefficient (Wildman–Crippen LogP) is 4.32. The lowest BCUT2D eigenvalue weighted by atomic mass is 9.85. The number of nitrogens with one attached hydrogen (secondary N) is 1. The molecule has 1 N–H and O–H groups in total. The second kappa shape index (κ2) is 10.00. The van der Waals surface area contributed by atoms with Crippen molar-refractivity contribution in [2.24, 2.45) is 13.0 Å². The van der Waals surface area contributed by atoms with E-state index in [1.807, 2.05) is 54.6 Å². The lowest BCUT2D eigenvalue weighted by Crippen LogP contribution is -2.51. The van der Waals surface area contributed by atoms with Crippen LogP contribution in [0.1, 0.15) is 39.5 Å². The van der Waals surface area contributed by atoms with Crippen LogP contribution in [0.2, 0.25) is 0 Å². The molecule has 36 heavy (non-hydrogen) atoms. The topological polar surface area (TPSA) is 80.6 Å². The number of fused-ring (bicyclic) bond motifs is 1. The molecule has 5 rings (SSSR count). The van der Waals surface area contributed by atoms with Gasteiger partial charge in [0.2, 0.25) is 15.9 Å². The predicted molar refractivity (Wildman–Crippen MR) is 141 cm³/mol. The number of aryl methyl sites for hydroxylation is 1. The fourth-order valence-electron chi connectivity index (χ4n) is 5.72. The van der Waals surface area contributed by atoms with Gasteiger partial charge in [-0.3, -0.25) is 4.79 Å². The van der Waals surface area contributed by atoms with Gasteiger partial charge in [-0.2, -0.15) is 0 Å². The third-order valence-electron chi connectivity index (χ3n) is 7.53. The van der Waals surface area contributed by atoms with Crippen molar-refractivity contribution >= 4 is 26.8 Å². The lowest BCUT2D eigenvalue weighted by molar-refractivity contribution is -0.148. The van der Waals surface area contributed by atoms with Gasteiger partial charge in [-0.15, -0.1) is 0 Å². The number of hydrogen-bond donors (Lipinski definition) is 1. The van der Waals surface area contributed by atoms with E-state index in [4.69, 9.17) is 4.74 Å². The van der Waals surface area contributed by atoms with Crippen LogP contribution < -0.4 is 4.72 Å². The molecular formula is C28H35N3O4S. The molecule has 0 spiro atoms. The zero-order valence-electron chi connectivity index (χ0n) is 21.2. The monoisotopic (exact) mass is 509 g/mol. The number of aromatic nitrogens is 1. The molecule has 1 amide bonds. The number of carbonyl (C=O) groups excluding carboxylic acids is 1. The van der Waals surface area contributed by atoms with E-state index in [0.29, 0.717) is 38.8 Å². The number of carbonyl (C=O) groups is 1. The van der Waals surface area contributed by atoms with E-state index in [0.717, 1.165) is 22.2 Å². The normalized spacial score (nSPS) is 25.2. The average Bonchev–Trinajstić information content (AvgIpc) is 3.19. The van der Waals surface area contributed by atoms with Gasteiger partial charge in [0.15, 0.2) is 0 Å². The van der Waals surface area contributed by atoms with Crippen molar-refractivity contribution in [1.82, 2.24) is 14.2 Å². The van der Waals surface area contributed by atoms with Crippen LogP contribution >= 0.6 is 0 Å².